The molecule has 0 aromatic rings. The SMILES string of the molecule is CCCCCCCCSC[C@H](CP(=O)(O)CCCO)OP(=O)(O)CCCCCCC. The van der Waals surface area contributed by atoms with Crippen LogP contribution in [0.2, 0.25) is 0 Å². The summed E-state index contributed by atoms with van der Waals surface area (Å²) in [5.74, 6) is 1.37. The summed E-state index contributed by atoms with van der Waals surface area (Å²) in [5.41, 5.74) is 0. The van der Waals surface area contributed by atoms with E-state index in [4.69, 9.17) is 9.63 Å². The van der Waals surface area contributed by atoms with Gasteiger partial charge < -0.3 is 19.4 Å². The molecule has 0 rings (SSSR count). The highest BCUT2D eigenvalue weighted by molar-refractivity contribution is 7.99. The van der Waals surface area contributed by atoms with E-state index in [1.54, 1.807) is 11.8 Å². The van der Waals surface area contributed by atoms with E-state index in [2.05, 4.69) is 13.8 Å². The fourth-order valence-electron chi connectivity index (χ4n) is 3.24. The minimum atomic E-state index is -3.78. The molecule has 182 valence electrons. The zero-order valence-electron chi connectivity index (χ0n) is 19.2. The molecule has 2 unspecified atom stereocenters. The van der Waals surface area contributed by atoms with Crippen molar-refractivity contribution in [1.82, 2.24) is 0 Å². The van der Waals surface area contributed by atoms with E-state index in [1.807, 2.05) is 0 Å². The van der Waals surface area contributed by atoms with E-state index >= 15 is 0 Å². The van der Waals surface area contributed by atoms with Crippen molar-refractivity contribution >= 4 is 26.7 Å². The lowest BCUT2D eigenvalue weighted by Gasteiger charge is -2.23. The maximum absolute atomic E-state index is 12.5. The molecule has 9 heteroatoms. The molecule has 3 N–H and O–H groups in total. The van der Waals surface area contributed by atoms with Gasteiger partial charge in [0, 0.05) is 24.7 Å². The maximum atomic E-state index is 12.5. The fourth-order valence-corrected chi connectivity index (χ4v) is 7.66. The number of rotatable bonds is 22. The summed E-state index contributed by atoms with van der Waals surface area (Å²) >= 11 is 1.63. The molecule has 0 heterocycles. The van der Waals surface area contributed by atoms with Gasteiger partial charge in [-0.1, -0.05) is 71.6 Å². The summed E-state index contributed by atoms with van der Waals surface area (Å²) in [4.78, 5) is 20.4. The van der Waals surface area contributed by atoms with Crippen LogP contribution in [0.3, 0.4) is 0 Å². The van der Waals surface area contributed by atoms with Gasteiger partial charge in [0.05, 0.1) is 12.3 Å². The second kappa shape index (κ2) is 19.1. The number of aliphatic hydroxyl groups excluding tert-OH is 1. The molecule has 0 aliphatic carbocycles. The van der Waals surface area contributed by atoms with Crippen LogP contribution in [-0.2, 0) is 13.7 Å². The first-order valence-corrected chi connectivity index (χ1v) is 16.7. The van der Waals surface area contributed by atoms with Gasteiger partial charge in [-0.15, -0.1) is 0 Å². The van der Waals surface area contributed by atoms with Crippen LogP contribution in [0.15, 0.2) is 0 Å². The molecule has 0 aromatic heterocycles. The molecule has 3 atom stereocenters. The summed E-state index contributed by atoms with van der Waals surface area (Å²) < 4.78 is 30.4. The quantitative estimate of drug-likeness (QED) is 0.122. The van der Waals surface area contributed by atoms with Gasteiger partial charge in [-0.3, -0.25) is 9.13 Å². The largest absolute Gasteiger partial charge is 0.396 e. The van der Waals surface area contributed by atoms with Gasteiger partial charge >= 0.3 is 7.60 Å². The van der Waals surface area contributed by atoms with E-state index in [9.17, 15) is 18.9 Å². The Morgan fingerprint density at radius 3 is 1.97 bits per heavy atom. The standard InChI is InChI=1S/C21H46O6P2S/c1-3-5-7-9-11-13-18-30-20-21(19-28(23,24)16-14-15-22)27-29(25,26)17-12-10-8-6-4-2/h21-22H,3-20H2,1-2H3,(H,23,24)(H,25,26)/t21-/m0/s1. The van der Waals surface area contributed by atoms with E-state index in [0.29, 0.717) is 12.2 Å². The van der Waals surface area contributed by atoms with Crippen LogP contribution in [0.5, 0.6) is 0 Å². The van der Waals surface area contributed by atoms with Crippen molar-refractivity contribution in [2.75, 3.05) is 36.6 Å². The van der Waals surface area contributed by atoms with Crippen LogP contribution in [0, 0.1) is 0 Å². The molecule has 0 aliphatic rings. The minimum absolute atomic E-state index is 0.0121. The first kappa shape index (κ1) is 30.6. The van der Waals surface area contributed by atoms with Crippen molar-refractivity contribution in [1.29, 1.82) is 0 Å². The Hall–Kier alpha value is 0.650. The molecule has 0 spiro atoms. The topological polar surface area (TPSA) is 104 Å². The van der Waals surface area contributed by atoms with Crippen molar-refractivity contribution in [3.63, 3.8) is 0 Å². The summed E-state index contributed by atoms with van der Waals surface area (Å²) in [6, 6.07) is 0. The van der Waals surface area contributed by atoms with Gasteiger partial charge in [-0.2, -0.15) is 11.8 Å². The lowest BCUT2D eigenvalue weighted by molar-refractivity contribution is 0.206. The summed E-state index contributed by atoms with van der Waals surface area (Å²) in [6.07, 6.45) is 11.6. The molecule has 0 aromatic carbocycles. The van der Waals surface area contributed by atoms with Gasteiger partial charge in [-0.05, 0) is 25.0 Å². The van der Waals surface area contributed by atoms with Gasteiger partial charge in [0.25, 0.3) is 0 Å². The average molecular weight is 489 g/mol. The molecule has 0 aliphatic heterocycles. The zero-order valence-corrected chi connectivity index (χ0v) is 21.8. The van der Waals surface area contributed by atoms with Crippen molar-refractivity contribution in [3.8, 4) is 0 Å². The average Bonchev–Trinajstić information content (AvgIpc) is 2.67. The smallest absolute Gasteiger partial charge is 0.328 e. The second-order valence-corrected chi connectivity index (χ2v) is 13.8. The van der Waals surface area contributed by atoms with Crippen molar-refractivity contribution in [2.45, 2.75) is 97.0 Å². The van der Waals surface area contributed by atoms with Crippen LogP contribution in [0.1, 0.15) is 90.9 Å². The Kier molecular flexibility index (Phi) is 19.6. The van der Waals surface area contributed by atoms with Crippen molar-refractivity contribution < 1.29 is 28.5 Å². The molecule has 0 amide bonds. The van der Waals surface area contributed by atoms with Crippen LogP contribution in [0.4, 0.5) is 0 Å². The van der Waals surface area contributed by atoms with Gasteiger partial charge in [-0.25, -0.2) is 0 Å². The van der Waals surface area contributed by atoms with Gasteiger partial charge in [0.2, 0.25) is 7.37 Å². The molecule has 0 saturated carbocycles. The molecule has 0 fully saturated rings. The number of unbranched alkanes of at least 4 members (excludes halogenated alkanes) is 9. The molecule has 0 radical (unpaired) electrons. The second-order valence-electron chi connectivity index (χ2n) is 8.18. The predicted molar refractivity (Wildman–Crippen MR) is 130 cm³/mol. The Morgan fingerprint density at radius 2 is 1.37 bits per heavy atom. The van der Waals surface area contributed by atoms with Crippen LogP contribution >= 0.6 is 26.7 Å². The third kappa shape index (κ3) is 19.3. The summed E-state index contributed by atoms with van der Waals surface area (Å²) in [5, 5.41) is 8.93. The first-order chi connectivity index (χ1) is 14.3. The van der Waals surface area contributed by atoms with E-state index < -0.39 is 21.1 Å². The third-order valence-corrected chi connectivity index (χ3v) is 9.65. The molecule has 30 heavy (non-hydrogen) atoms. The Labute approximate surface area is 188 Å². The van der Waals surface area contributed by atoms with E-state index in [0.717, 1.165) is 37.9 Å². The fraction of sp³-hybridized carbons (Fsp3) is 1.00. The minimum Gasteiger partial charge on any atom is -0.396 e. The van der Waals surface area contributed by atoms with E-state index in [-0.39, 0.29) is 31.5 Å². The summed E-state index contributed by atoms with van der Waals surface area (Å²) in [6.45, 7) is 4.18. The van der Waals surface area contributed by atoms with Crippen molar-refractivity contribution in [2.24, 2.45) is 0 Å². The number of aliphatic hydroxyl groups is 1. The molecular formula is C21H46O6P2S. The number of hydrogen-bond acceptors (Lipinski definition) is 5. The highest BCUT2D eigenvalue weighted by atomic mass is 32.2. The maximum Gasteiger partial charge on any atom is 0.328 e. The number of hydrogen-bond donors (Lipinski definition) is 3. The van der Waals surface area contributed by atoms with E-state index in [1.165, 1.54) is 32.1 Å². The molecule has 0 saturated heterocycles. The molecular weight excluding hydrogens is 442 g/mol. The monoisotopic (exact) mass is 488 g/mol. The molecule has 0 bridgehead atoms. The van der Waals surface area contributed by atoms with Gasteiger partial charge in [0.1, 0.15) is 0 Å². The highest BCUT2D eigenvalue weighted by Gasteiger charge is 2.30. The number of thioether (sulfide) groups is 1. The van der Waals surface area contributed by atoms with Crippen LogP contribution < -0.4 is 0 Å². The third-order valence-electron chi connectivity index (χ3n) is 4.96. The predicted octanol–water partition coefficient (Wildman–Crippen LogP) is 6.27. The van der Waals surface area contributed by atoms with Gasteiger partial charge in [0.15, 0.2) is 0 Å². The normalized spacial score (nSPS) is 16.8. The van der Waals surface area contributed by atoms with Crippen LogP contribution in [0.25, 0.3) is 0 Å². The Bertz CT molecular complexity index is 492. The Morgan fingerprint density at radius 1 is 0.800 bits per heavy atom. The Balaban J connectivity index is 4.52. The summed E-state index contributed by atoms with van der Waals surface area (Å²) in [7, 11) is -7.27. The van der Waals surface area contributed by atoms with Crippen LogP contribution in [-0.4, -0.2) is 57.6 Å². The molecule has 6 nitrogen and oxygen atoms in total. The highest BCUT2D eigenvalue weighted by Crippen LogP contribution is 2.49. The lowest BCUT2D eigenvalue weighted by atomic mass is 10.1. The zero-order chi connectivity index (χ0) is 22.7. The van der Waals surface area contributed by atoms with Crippen molar-refractivity contribution in [3.05, 3.63) is 0 Å². The lowest BCUT2D eigenvalue weighted by Crippen LogP contribution is -2.21. The first-order valence-electron chi connectivity index (χ1n) is 11.8.